The molecule has 0 bridgehead atoms. The van der Waals surface area contributed by atoms with Gasteiger partial charge >= 0.3 is 0 Å². The number of hydrogen-bond acceptors (Lipinski definition) is 3. The maximum Gasteiger partial charge on any atom is 0.258 e. The number of hydrogen-bond donors (Lipinski definition) is 2. The van der Waals surface area contributed by atoms with Gasteiger partial charge in [-0.3, -0.25) is 4.79 Å². The lowest BCUT2D eigenvalue weighted by atomic mass is 10.1. The van der Waals surface area contributed by atoms with E-state index in [9.17, 15) is 14.3 Å². The van der Waals surface area contributed by atoms with E-state index < -0.39 is 11.7 Å². The molecule has 0 spiro atoms. The van der Waals surface area contributed by atoms with Crippen molar-refractivity contribution < 1.29 is 14.3 Å². The minimum absolute atomic E-state index is 0.277. The highest BCUT2D eigenvalue weighted by atomic mass is 19.1. The second kappa shape index (κ2) is 6.70. The number of phenolic OH excluding ortho intramolecular Hbond substituents is 1. The molecule has 1 aromatic rings. The molecule has 0 saturated carbocycles. The lowest BCUT2D eigenvalue weighted by molar-refractivity contribution is 0.0938. The summed E-state index contributed by atoms with van der Waals surface area (Å²) in [5.41, 5.74) is -0.277. The first kappa shape index (κ1) is 14.8. The predicted molar refractivity (Wildman–Crippen MR) is 75.2 cm³/mol. The molecule has 0 aromatic heterocycles. The molecule has 1 fully saturated rings. The fourth-order valence-corrected chi connectivity index (χ4v) is 2.56. The Morgan fingerprint density at radius 2 is 2.15 bits per heavy atom. The van der Waals surface area contributed by atoms with Crippen molar-refractivity contribution in [2.75, 3.05) is 26.2 Å². The van der Waals surface area contributed by atoms with Crippen molar-refractivity contribution in [3.8, 4) is 5.75 Å². The van der Waals surface area contributed by atoms with Gasteiger partial charge in [0, 0.05) is 13.1 Å². The first-order valence-electron chi connectivity index (χ1n) is 7.06. The molecule has 1 aromatic carbocycles. The van der Waals surface area contributed by atoms with E-state index in [-0.39, 0.29) is 11.3 Å². The fraction of sp³-hybridized carbons (Fsp3) is 0.533. The van der Waals surface area contributed by atoms with Crippen LogP contribution in [0.25, 0.3) is 0 Å². The Kier molecular flexibility index (Phi) is 4.95. The van der Waals surface area contributed by atoms with Crippen LogP contribution in [0.4, 0.5) is 4.39 Å². The van der Waals surface area contributed by atoms with Crippen LogP contribution in [0.3, 0.4) is 0 Å². The zero-order valence-corrected chi connectivity index (χ0v) is 11.7. The van der Waals surface area contributed by atoms with Gasteiger partial charge in [0.25, 0.3) is 5.91 Å². The molecule has 1 amide bonds. The molecule has 1 atom stereocenters. The van der Waals surface area contributed by atoms with E-state index in [2.05, 4.69) is 17.1 Å². The first-order valence-corrected chi connectivity index (χ1v) is 7.06. The van der Waals surface area contributed by atoms with E-state index in [1.807, 2.05) is 0 Å². The number of carbonyl (C=O) groups excluding carboxylic acids is 1. The minimum Gasteiger partial charge on any atom is -0.507 e. The second-order valence-corrected chi connectivity index (χ2v) is 5.46. The Balaban J connectivity index is 1.85. The van der Waals surface area contributed by atoms with Gasteiger partial charge in [-0.15, -0.1) is 0 Å². The van der Waals surface area contributed by atoms with Crippen LogP contribution >= 0.6 is 0 Å². The van der Waals surface area contributed by atoms with Gasteiger partial charge in [0.15, 0.2) is 0 Å². The van der Waals surface area contributed by atoms with E-state index in [4.69, 9.17) is 0 Å². The third-order valence-corrected chi connectivity index (χ3v) is 3.60. The summed E-state index contributed by atoms with van der Waals surface area (Å²) in [5, 5.41) is 12.2. The Labute approximate surface area is 118 Å². The van der Waals surface area contributed by atoms with Gasteiger partial charge in [-0.2, -0.15) is 0 Å². The number of amides is 1. The number of benzene rings is 1. The van der Waals surface area contributed by atoms with Gasteiger partial charge in [0.05, 0.1) is 0 Å². The van der Waals surface area contributed by atoms with Gasteiger partial charge in [-0.1, -0.05) is 13.0 Å². The predicted octanol–water partition coefficient (Wildman–Crippen LogP) is 1.99. The van der Waals surface area contributed by atoms with Gasteiger partial charge in [-0.25, -0.2) is 4.39 Å². The zero-order valence-electron chi connectivity index (χ0n) is 11.7. The zero-order chi connectivity index (χ0) is 14.5. The monoisotopic (exact) mass is 280 g/mol. The van der Waals surface area contributed by atoms with Crippen LogP contribution in [0, 0.1) is 11.7 Å². The lowest BCUT2D eigenvalue weighted by Gasteiger charge is -2.20. The average molecular weight is 280 g/mol. The molecule has 110 valence electrons. The van der Waals surface area contributed by atoms with Crippen molar-refractivity contribution in [2.24, 2.45) is 5.92 Å². The highest BCUT2D eigenvalue weighted by Crippen LogP contribution is 2.19. The van der Waals surface area contributed by atoms with Crippen molar-refractivity contribution in [1.29, 1.82) is 0 Å². The Bertz CT molecular complexity index is 453. The van der Waals surface area contributed by atoms with Crippen LogP contribution < -0.4 is 5.32 Å². The summed E-state index contributed by atoms with van der Waals surface area (Å²) in [6, 6.07) is 3.85. The van der Waals surface area contributed by atoms with Crippen molar-refractivity contribution >= 4 is 5.91 Å². The summed E-state index contributed by atoms with van der Waals surface area (Å²) in [7, 11) is 0. The van der Waals surface area contributed by atoms with Gasteiger partial charge in [0.2, 0.25) is 0 Å². The van der Waals surface area contributed by atoms with E-state index in [1.54, 1.807) is 0 Å². The molecule has 2 rings (SSSR count). The summed E-state index contributed by atoms with van der Waals surface area (Å²) < 4.78 is 13.5. The van der Waals surface area contributed by atoms with Crippen molar-refractivity contribution in [2.45, 2.75) is 19.8 Å². The maximum absolute atomic E-state index is 13.5. The van der Waals surface area contributed by atoms with Crippen LogP contribution in [-0.2, 0) is 0 Å². The van der Waals surface area contributed by atoms with Crippen LogP contribution in [0.2, 0.25) is 0 Å². The van der Waals surface area contributed by atoms with Crippen molar-refractivity contribution in [3.05, 3.63) is 29.6 Å². The second-order valence-electron chi connectivity index (χ2n) is 5.46. The first-order chi connectivity index (χ1) is 9.58. The Hall–Kier alpha value is -1.62. The number of phenols is 1. The van der Waals surface area contributed by atoms with E-state index in [1.165, 1.54) is 31.0 Å². The highest BCUT2D eigenvalue weighted by Gasteiger charge is 2.18. The van der Waals surface area contributed by atoms with Gasteiger partial charge in [-0.05, 0) is 44.0 Å². The number of aromatic hydroxyl groups is 1. The maximum atomic E-state index is 13.5. The summed E-state index contributed by atoms with van der Waals surface area (Å²) in [6.45, 7) is 5.70. The molecule has 5 heteroatoms. The van der Waals surface area contributed by atoms with Crippen LogP contribution in [0.5, 0.6) is 5.75 Å². The van der Waals surface area contributed by atoms with E-state index in [0.717, 1.165) is 19.6 Å². The van der Waals surface area contributed by atoms with E-state index >= 15 is 0 Å². The highest BCUT2D eigenvalue weighted by molar-refractivity contribution is 5.97. The molecule has 4 nitrogen and oxygen atoms in total. The number of halogens is 1. The van der Waals surface area contributed by atoms with Crippen LogP contribution in [-0.4, -0.2) is 42.1 Å². The molecule has 20 heavy (non-hydrogen) atoms. The molecular weight excluding hydrogens is 259 g/mol. The smallest absolute Gasteiger partial charge is 0.258 e. The van der Waals surface area contributed by atoms with Gasteiger partial charge < -0.3 is 15.3 Å². The lowest BCUT2D eigenvalue weighted by Crippen LogP contribution is -2.34. The number of carbonyl (C=O) groups is 1. The molecular formula is C15H21FN2O2. The van der Waals surface area contributed by atoms with Crippen molar-refractivity contribution in [1.82, 2.24) is 10.2 Å². The standard InChI is InChI=1S/C15H21FN2O2/c1-11(10-18-7-2-3-8-18)9-17-15(20)14-12(16)5-4-6-13(14)19/h4-6,11,19H,2-3,7-10H2,1H3,(H,17,20). The molecule has 1 heterocycles. The summed E-state index contributed by atoms with van der Waals surface area (Å²) >= 11 is 0. The minimum atomic E-state index is -0.699. The number of likely N-dealkylation sites (tertiary alicyclic amines) is 1. The van der Waals surface area contributed by atoms with Crippen LogP contribution in [0.15, 0.2) is 18.2 Å². The molecule has 0 radical (unpaired) electrons. The number of nitrogens with zero attached hydrogens (tertiary/aromatic N) is 1. The molecule has 2 N–H and O–H groups in total. The molecule has 1 unspecified atom stereocenters. The third kappa shape index (κ3) is 3.70. The molecule has 1 aliphatic heterocycles. The fourth-order valence-electron chi connectivity index (χ4n) is 2.56. The molecule has 0 aliphatic carbocycles. The summed E-state index contributed by atoms with van der Waals surface area (Å²) in [5.74, 6) is -1.29. The number of rotatable bonds is 5. The Morgan fingerprint density at radius 3 is 2.80 bits per heavy atom. The average Bonchev–Trinajstić information content (AvgIpc) is 2.89. The summed E-state index contributed by atoms with van der Waals surface area (Å²) in [6.07, 6.45) is 2.48. The normalized spacial score (nSPS) is 17.1. The largest absolute Gasteiger partial charge is 0.507 e. The SMILES string of the molecule is CC(CNC(=O)c1c(O)cccc1F)CN1CCCC1. The van der Waals surface area contributed by atoms with Crippen molar-refractivity contribution in [3.63, 3.8) is 0 Å². The van der Waals surface area contributed by atoms with Gasteiger partial charge in [0.1, 0.15) is 17.1 Å². The number of nitrogens with one attached hydrogen (secondary N) is 1. The molecule has 1 saturated heterocycles. The Morgan fingerprint density at radius 1 is 1.45 bits per heavy atom. The van der Waals surface area contributed by atoms with E-state index in [0.29, 0.717) is 12.5 Å². The topological polar surface area (TPSA) is 52.6 Å². The summed E-state index contributed by atoms with van der Waals surface area (Å²) in [4.78, 5) is 14.3. The quantitative estimate of drug-likeness (QED) is 0.867. The third-order valence-electron chi connectivity index (χ3n) is 3.60. The van der Waals surface area contributed by atoms with Crippen LogP contribution in [0.1, 0.15) is 30.1 Å². The molecule has 1 aliphatic rings.